The molecule has 0 rings (SSSR count). The lowest BCUT2D eigenvalue weighted by atomic mass is 10.5. The van der Waals surface area contributed by atoms with Gasteiger partial charge < -0.3 is 19.3 Å². The molecule has 0 fully saturated rings. The number of aliphatic hydroxyl groups excluding tert-OH is 2. The third-order valence-electron chi connectivity index (χ3n) is 4.99. The van der Waals surface area contributed by atoms with E-state index in [9.17, 15) is 18.7 Å². The van der Waals surface area contributed by atoms with E-state index in [-0.39, 0.29) is 23.4 Å². The molecule has 6 nitrogen and oxygen atoms in total. The van der Waals surface area contributed by atoms with Gasteiger partial charge in [0, 0.05) is 96.5 Å². The van der Waals surface area contributed by atoms with E-state index in [1.807, 2.05) is 47.0 Å². The Morgan fingerprint density at radius 2 is 0.915 bits per heavy atom. The molecule has 0 spiro atoms. The van der Waals surface area contributed by atoms with Crippen LogP contribution in [0.1, 0.15) is 25.7 Å². The van der Waals surface area contributed by atoms with Crippen molar-refractivity contribution in [2.24, 2.45) is 0 Å². The minimum atomic E-state index is -0.763. The van der Waals surface area contributed by atoms with Gasteiger partial charge in [0.15, 0.2) is 15.3 Å². The van der Waals surface area contributed by atoms with Crippen LogP contribution in [0.4, 0.5) is 0 Å². The van der Waals surface area contributed by atoms with Crippen molar-refractivity contribution in [1.82, 2.24) is 0 Å². The molecule has 0 aromatic carbocycles. The van der Waals surface area contributed by atoms with E-state index in [1.165, 1.54) is 23.5 Å². The second-order valence-corrected chi connectivity index (χ2v) is 27.7. The van der Waals surface area contributed by atoms with Crippen LogP contribution in [-0.2, 0) is 31.9 Å². The Labute approximate surface area is 342 Å². The third kappa shape index (κ3) is 42.7. The van der Waals surface area contributed by atoms with Crippen molar-refractivity contribution in [3.8, 4) is 0 Å². The molecule has 0 aliphatic rings. The fourth-order valence-corrected chi connectivity index (χ4v) is 18.9. The highest BCUT2D eigenvalue weighted by Crippen LogP contribution is 2.22. The minimum absolute atomic E-state index is 0.201. The quantitative estimate of drug-likeness (QED) is 0.0359. The minimum Gasteiger partial charge on any atom is -0.616 e. The maximum absolute atomic E-state index is 12.2. The summed E-state index contributed by atoms with van der Waals surface area (Å²) in [6, 6.07) is 0. The second kappa shape index (κ2) is 42.8. The van der Waals surface area contributed by atoms with Gasteiger partial charge in [-0.3, -0.25) is 9.59 Å². The summed E-state index contributed by atoms with van der Waals surface area (Å²) < 4.78 is 24.2. The topological polar surface area (TPSA) is 121 Å². The van der Waals surface area contributed by atoms with Crippen molar-refractivity contribution >= 4 is 174 Å². The van der Waals surface area contributed by atoms with E-state index in [1.54, 1.807) is 70.6 Å². The Morgan fingerprint density at radius 3 is 1.53 bits per heavy atom. The lowest BCUT2D eigenvalue weighted by Crippen LogP contribution is -2.13. The van der Waals surface area contributed by atoms with Gasteiger partial charge in [0.2, 0.25) is 0 Å². The summed E-state index contributed by atoms with van der Waals surface area (Å²) in [5, 5.41) is 24.2. The molecule has 0 saturated heterocycles. The van der Waals surface area contributed by atoms with E-state index in [2.05, 4.69) is 0 Å². The van der Waals surface area contributed by atoms with Gasteiger partial charge in [0.25, 0.3) is 0 Å². The number of carbonyl (C=O) groups excluding carboxylic acids is 2. The molecule has 2 N–H and O–H groups in total. The molecule has 20 heteroatoms. The van der Waals surface area contributed by atoms with Crippen LogP contribution in [0.5, 0.6) is 0 Å². The molecule has 0 aromatic rings. The molecule has 47 heavy (non-hydrogen) atoms. The Balaban J connectivity index is 3.34. The van der Waals surface area contributed by atoms with Crippen LogP contribution in [-0.4, -0.2) is 147 Å². The zero-order valence-corrected chi connectivity index (χ0v) is 38.4. The summed E-state index contributed by atoms with van der Waals surface area (Å²) in [7, 11) is 0. The van der Waals surface area contributed by atoms with Crippen molar-refractivity contribution in [1.29, 1.82) is 0 Å². The first-order valence-corrected chi connectivity index (χ1v) is 31.5. The van der Waals surface area contributed by atoms with Gasteiger partial charge >= 0.3 is 0 Å². The van der Waals surface area contributed by atoms with Gasteiger partial charge in [-0.25, -0.2) is 0 Å². The molecule has 2 atom stereocenters. The fraction of sp³-hybridized carbons (Fsp3) is 0.926. The van der Waals surface area contributed by atoms with Gasteiger partial charge in [-0.1, -0.05) is 46.5 Å². The van der Waals surface area contributed by atoms with E-state index in [0.29, 0.717) is 17.9 Å². The number of aliphatic hydroxyl groups is 2. The third-order valence-corrected chi connectivity index (χ3v) is 22.7. The first-order chi connectivity index (χ1) is 23.0. The van der Waals surface area contributed by atoms with Crippen LogP contribution in [0, 0.1) is 0 Å². The summed E-state index contributed by atoms with van der Waals surface area (Å²) in [6.07, 6.45) is 3.15. The smallest absolute Gasteiger partial charge is 0.190 e. The Bertz CT molecular complexity index is 692. The van der Waals surface area contributed by atoms with Crippen LogP contribution in [0.15, 0.2) is 0 Å². The largest absolute Gasteiger partial charge is 0.616 e. The average molecular weight is 922 g/mol. The van der Waals surface area contributed by atoms with Crippen LogP contribution < -0.4 is 0 Å². The van der Waals surface area contributed by atoms with Gasteiger partial charge in [-0.05, 0) is 22.7 Å². The molecule has 0 radical (unpaired) electrons. The predicted molar refractivity (Wildman–Crippen MR) is 243 cm³/mol. The van der Waals surface area contributed by atoms with Crippen LogP contribution in [0.2, 0.25) is 0 Å². The number of carbonyl (C=O) groups is 2. The predicted octanol–water partition coefficient (Wildman–Crippen LogP) is 7.58. The molecule has 0 heterocycles. The highest BCUT2D eigenvalue weighted by atomic mass is 32.3. The van der Waals surface area contributed by atoms with Gasteiger partial charge in [0.05, 0.1) is 13.2 Å². The maximum Gasteiger partial charge on any atom is 0.190 e. The molecule has 0 amide bonds. The number of hydrogen-bond donors (Lipinski definition) is 2. The molecule has 0 aliphatic heterocycles. The number of hydrogen-bond acceptors (Lipinski definition) is 18. The number of thioether (sulfide) groups is 12. The Kier molecular flexibility index (Phi) is 46.5. The summed E-state index contributed by atoms with van der Waals surface area (Å²) >= 11 is 19.1. The van der Waals surface area contributed by atoms with E-state index >= 15 is 0 Å². The molecule has 0 aromatic heterocycles. The highest BCUT2D eigenvalue weighted by Gasteiger charge is 2.08. The zero-order valence-electron chi connectivity index (χ0n) is 26.9. The standard InChI is InChI=1S/C27H52O6S14/c28-5-11-38-22-42-24-45-27(31)4-10-37-19-34-7-1-16-46(32)18-15-41-21-40-13-14-44-26(30)3-9-36-20-35-8-2-17-47(33)25-43-23-39-12-6-29/h28-29H,1-25H2. The van der Waals surface area contributed by atoms with Crippen molar-refractivity contribution in [3.05, 3.63) is 0 Å². The lowest BCUT2D eigenvalue weighted by molar-refractivity contribution is -0.111. The highest BCUT2D eigenvalue weighted by molar-refractivity contribution is 8.27. The maximum atomic E-state index is 12.2. The van der Waals surface area contributed by atoms with Crippen molar-refractivity contribution in [2.45, 2.75) is 25.7 Å². The Morgan fingerprint density at radius 1 is 0.447 bits per heavy atom. The molecule has 0 bridgehead atoms. The van der Waals surface area contributed by atoms with Crippen LogP contribution in [0.3, 0.4) is 0 Å². The molecular weight excluding hydrogens is 869 g/mol. The van der Waals surface area contributed by atoms with E-state index in [0.717, 1.165) is 112 Å². The monoisotopic (exact) mass is 920 g/mol. The number of rotatable bonds is 38. The fourth-order valence-electron chi connectivity index (χ4n) is 2.79. The second-order valence-electron chi connectivity index (χ2n) is 8.88. The molecule has 0 saturated carbocycles. The summed E-state index contributed by atoms with van der Waals surface area (Å²) in [6.45, 7) is 0.410. The molecule has 280 valence electrons. The summed E-state index contributed by atoms with van der Waals surface area (Å²) in [5.41, 5.74) is 0. The molecular formula is C27H52O6S14. The average Bonchev–Trinajstić information content (AvgIpc) is 3.06. The van der Waals surface area contributed by atoms with Crippen molar-refractivity contribution < 1.29 is 28.9 Å². The van der Waals surface area contributed by atoms with E-state index in [4.69, 9.17) is 10.2 Å². The van der Waals surface area contributed by atoms with Crippen LogP contribution in [0.25, 0.3) is 0 Å². The zero-order chi connectivity index (χ0) is 34.5. The normalized spacial score (nSPS) is 12.9. The summed E-state index contributed by atoms with van der Waals surface area (Å²) in [4.78, 5) is 24.0. The first-order valence-electron chi connectivity index (χ1n) is 15.0. The van der Waals surface area contributed by atoms with Gasteiger partial charge in [-0.2, -0.15) is 58.8 Å². The molecule has 2 unspecified atom stereocenters. The van der Waals surface area contributed by atoms with Crippen molar-refractivity contribution in [3.63, 3.8) is 0 Å². The molecule has 0 aliphatic carbocycles. The summed E-state index contributed by atoms with van der Waals surface area (Å²) in [5.74, 6) is 10.2. The van der Waals surface area contributed by atoms with Crippen molar-refractivity contribution in [2.75, 3.05) is 118 Å². The van der Waals surface area contributed by atoms with Gasteiger partial charge in [0.1, 0.15) is 17.3 Å². The van der Waals surface area contributed by atoms with Crippen LogP contribution >= 0.6 is 141 Å². The Hall–Kier alpha value is 4.08. The SMILES string of the molecule is O=C(CCSCSCCC[S+]([O-])CSCSCCO)SCCSCSCC[S+]([O-])CCCSCSCCC(=O)SCSCSCCO. The first kappa shape index (κ1) is 51.1. The lowest BCUT2D eigenvalue weighted by Gasteiger charge is -2.10. The van der Waals surface area contributed by atoms with E-state index < -0.39 is 22.4 Å². The van der Waals surface area contributed by atoms with Gasteiger partial charge in [-0.15, -0.1) is 47.0 Å².